The Morgan fingerprint density at radius 3 is 2.61 bits per heavy atom. The van der Waals surface area contributed by atoms with E-state index >= 15 is 0 Å². The van der Waals surface area contributed by atoms with Gasteiger partial charge in [-0.1, -0.05) is 5.21 Å². The first-order chi connectivity index (χ1) is 8.30. The van der Waals surface area contributed by atoms with Crippen LogP contribution in [0.4, 0.5) is 0 Å². The zero-order valence-electron chi connectivity index (χ0n) is 11.3. The van der Waals surface area contributed by atoms with E-state index in [9.17, 15) is 4.79 Å². The van der Waals surface area contributed by atoms with Crippen LogP contribution in [-0.4, -0.2) is 21.0 Å². The summed E-state index contributed by atoms with van der Waals surface area (Å²) in [6, 6.07) is 3.64. The molecule has 2 aromatic rings. The highest BCUT2D eigenvalue weighted by molar-refractivity contribution is 5.83. The molecule has 0 saturated carbocycles. The maximum Gasteiger partial charge on any atom is 0.316 e. The van der Waals surface area contributed by atoms with E-state index in [-0.39, 0.29) is 5.97 Å². The van der Waals surface area contributed by atoms with Gasteiger partial charge in [0, 0.05) is 12.6 Å². The first kappa shape index (κ1) is 12.5. The van der Waals surface area contributed by atoms with E-state index < -0.39 is 5.41 Å². The topological polar surface area (TPSA) is 57.0 Å². The van der Waals surface area contributed by atoms with Gasteiger partial charge in [0.15, 0.2) is 0 Å². The second-order valence-corrected chi connectivity index (χ2v) is 5.41. The molecule has 5 nitrogen and oxygen atoms in total. The third-order valence-electron chi connectivity index (χ3n) is 2.80. The van der Waals surface area contributed by atoms with Crippen molar-refractivity contribution in [1.29, 1.82) is 0 Å². The summed E-state index contributed by atoms with van der Waals surface area (Å²) in [6.07, 6.45) is 0. The Balaban J connectivity index is 2.41. The van der Waals surface area contributed by atoms with Gasteiger partial charge in [0.2, 0.25) is 0 Å². The minimum atomic E-state index is -0.524. The lowest BCUT2D eigenvalue weighted by Crippen LogP contribution is -2.25. The maximum atomic E-state index is 11.9. The Morgan fingerprint density at radius 2 is 2.00 bits per heavy atom. The number of aryl methyl sites for hydroxylation is 2. The Hall–Kier alpha value is -1.91. The Bertz CT molecular complexity index is 608. The van der Waals surface area contributed by atoms with Crippen LogP contribution in [0.3, 0.4) is 0 Å². The molecular weight excluding hydrogens is 230 g/mol. The SMILES string of the molecule is Cc1c(OC(=O)C(C)(C)C)ccc2c1nnn2C. The molecule has 0 saturated heterocycles. The van der Waals surface area contributed by atoms with Crippen LogP contribution in [0.5, 0.6) is 5.75 Å². The molecule has 2 rings (SSSR count). The molecule has 96 valence electrons. The van der Waals surface area contributed by atoms with Crippen LogP contribution >= 0.6 is 0 Å². The van der Waals surface area contributed by atoms with Gasteiger partial charge in [-0.2, -0.15) is 0 Å². The number of carbonyl (C=O) groups is 1. The number of hydrogen-bond acceptors (Lipinski definition) is 4. The van der Waals surface area contributed by atoms with Crippen LogP contribution in [-0.2, 0) is 11.8 Å². The number of benzene rings is 1. The van der Waals surface area contributed by atoms with Crippen LogP contribution in [0, 0.1) is 12.3 Å². The van der Waals surface area contributed by atoms with E-state index in [0.29, 0.717) is 5.75 Å². The molecule has 0 N–H and O–H groups in total. The van der Waals surface area contributed by atoms with Crippen LogP contribution in [0.1, 0.15) is 26.3 Å². The number of esters is 1. The summed E-state index contributed by atoms with van der Waals surface area (Å²) in [5.41, 5.74) is 1.99. The monoisotopic (exact) mass is 247 g/mol. The molecule has 0 aliphatic carbocycles. The lowest BCUT2D eigenvalue weighted by atomic mass is 9.97. The molecule has 0 radical (unpaired) electrons. The number of carbonyl (C=O) groups excluding carboxylic acids is 1. The fraction of sp³-hybridized carbons (Fsp3) is 0.462. The minimum Gasteiger partial charge on any atom is -0.426 e. The second kappa shape index (κ2) is 4.08. The molecule has 0 amide bonds. The van der Waals surface area contributed by atoms with Crippen molar-refractivity contribution < 1.29 is 9.53 Å². The Kier molecular flexibility index (Phi) is 2.84. The molecule has 0 aliphatic heterocycles. The smallest absolute Gasteiger partial charge is 0.316 e. The molecule has 0 fully saturated rings. The lowest BCUT2D eigenvalue weighted by molar-refractivity contribution is -0.143. The highest BCUT2D eigenvalue weighted by atomic mass is 16.5. The quantitative estimate of drug-likeness (QED) is 0.572. The number of nitrogens with zero attached hydrogens (tertiary/aromatic N) is 3. The molecule has 0 aliphatic rings. The van der Waals surface area contributed by atoms with Crippen LogP contribution in [0.25, 0.3) is 11.0 Å². The third-order valence-corrected chi connectivity index (χ3v) is 2.80. The van der Waals surface area contributed by atoms with Crippen molar-refractivity contribution in [3.63, 3.8) is 0 Å². The molecule has 0 atom stereocenters. The standard InChI is InChI=1S/C13H17N3O2/c1-8-10(18-12(17)13(2,3)4)7-6-9-11(8)14-15-16(9)5/h6-7H,1-5H3. The average Bonchev–Trinajstić information content (AvgIpc) is 2.64. The van der Waals surface area contributed by atoms with Crippen molar-refractivity contribution in [2.24, 2.45) is 12.5 Å². The van der Waals surface area contributed by atoms with Gasteiger partial charge in [-0.05, 0) is 39.8 Å². The van der Waals surface area contributed by atoms with Crippen LogP contribution < -0.4 is 4.74 Å². The van der Waals surface area contributed by atoms with Crippen molar-refractivity contribution in [2.45, 2.75) is 27.7 Å². The van der Waals surface area contributed by atoms with E-state index in [1.54, 1.807) is 10.7 Å². The largest absolute Gasteiger partial charge is 0.426 e. The van der Waals surface area contributed by atoms with Gasteiger partial charge in [0.25, 0.3) is 0 Å². The van der Waals surface area contributed by atoms with Crippen LogP contribution in [0.2, 0.25) is 0 Å². The number of hydrogen-bond donors (Lipinski definition) is 0. The lowest BCUT2D eigenvalue weighted by Gasteiger charge is -2.17. The zero-order chi connectivity index (χ0) is 13.5. The predicted molar refractivity (Wildman–Crippen MR) is 68.3 cm³/mol. The third kappa shape index (κ3) is 2.08. The fourth-order valence-corrected chi connectivity index (χ4v) is 1.58. The first-order valence-electron chi connectivity index (χ1n) is 5.82. The molecule has 18 heavy (non-hydrogen) atoms. The van der Waals surface area contributed by atoms with Crippen molar-refractivity contribution in [1.82, 2.24) is 15.0 Å². The highest BCUT2D eigenvalue weighted by Gasteiger charge is 2.24. The van der Waals surface area contributed by atoms with Gasteiger partial charge < -0.3 is 4.74 Å². The van der Waals surface area contributed by atoms with Gasteiger partial charge in [0.1, 0.15) is 11.3 Å². The summed E-state index contributed by atoms with van der Waals surface area (Å²) < 4.78 is 7.10. The summed E-state index contributed by atoms with van der Waals surface area (Å²) >= 11 is 0. The molecule has 0 spiro atoms. The minimum absolute atomic E-state index is 0.256. The van der Waals surface area contributed by atoms with Crippen molar-refractivity contribution in [2.75, 3.05) is 0 Å². The molecule has 0 unspecified atom stereocenters. The van der Waals surface area contributed by atoms with E-state index in [2.05, 4.69) is 10.3 Å². The molecule has 0 bridgehead atoms. The number of aromatic nitrogens is 3. The van der Waals surface area contributed by atoms with E-state index in [4.69, 9.17) is 4.74 Å². The summed E-state index contributed by atoms with van der Waals surface area (Å²) in [5, 5.41) is 8.02. The van der Waals surface area contributed by atoms with Gasteiger partial charge in [-0.15, -0.1) is 5.10 Å². The summed E-state index contributed by atoms with van der Waals surface area (Å²) in [7, 11) is 1.83. The molecular formula is C13H17N3O2. The van der Waals surface area contributed by atoms with Crippen molar-refractivity contribution in [3.05, 3.63) is 17.7 Å². The molecule has 1 aromatic carbocycles. The molecule has 1 aromatic heterocycles. The maximum absolute atomic E-state index is 11.9. The number of fused-ring (bicyclic) bond motifs is 1. The summed E-state index contributed by atoms with van der Waals surface area (Å²) in [4.78, 5) is 11.9. The number of rotatable bonds is 1. The van der Waals surface area contributed by atoms with E-state index in [1.165, 1.54) is 0 Å². The van der Waals surface area contributed by atoms with Crippen LogP contribution in [0.15, 0.2) is 12.1 Å². The van der Waals surface area contributed by atoms with Crippen molar-refractivity contribution >= 4 is 17.0 Å². The first-order valence-corrected chi connectivity index (χ1v) is 5.82. The van der Waals surface area contributed by atoms with Crippen molar-refractivity contribution in [3.8, 4) is 5.75 Å². The summed E-state index contributed by atoms with van der Waals surface area (Å²) in [5.74, 6) is 0.289. The fourth-order valence-electron chi connectivity index (χ4n) is 1.58. The highest BCUT2D eigenvalue weighted by Crippen LogP contribution is 2.27. The Labute approximate surface area is 106 Å². The van der Waals surface area contributed by atoms with E-state index in [1.807, 2.05) is 40.8 Å². The van der Waals surface area contributed by atoms with Gasteiger partial charge in [0.05, 0.1) is 10.9 Å². The number of ether oxygens (including phenoxy) is 1. The zero-order valence-corrected chi connectivity index (χ0v) is 11.3. The molecule has 1 heterocycles. The average molecular weight is 247 g/mol. The van der Waals surface area contributed by atoms with E-state index in [0.717, 1.165) is 16.6 Å². The van der Waals surface area contributed by atoms with Gasteiger partial charge in [-0.3, -0.25) is 4.79 Å². The normalized spacial score (nSPS) is 11.8. The van der Waals surface area contributed by atoms with Gasteiger partial charge in [-0.25, -0.2) is 4.68 Å². The second-order valence-electron chi connectivity index (χ2n) is 5.41. The molecule has 5 heteroatoms. The Morgan fingerprint density at radius 1 is 1.33 bits per heavy atom. The predicted octanol–water partition coefficient (Wildman–Crippen LogP) is 2.23. The summed E-state index contributed by atoms with van der Waals surface area (Å²) in [6.45, 7) is 7.35. The van der Waals surface area contributed by atoms with Gasteiger partial charge >= 0.3 is 5.97 Å².